The third-order valence-corrected chi connectivity index (χ3v) is 34.8. The van der Waals surface area contributed by atoms with Gasteiger partial charge in [0.1, 0.15) is 18.4 Å². The van der Waals surface area contributed by atoms with Gasteiger partial charge >= 0.3 is 11.9 Å². The first-order valence-electron chi connectivity index (χ1n) is 37.2. The number of ketones is 1. The molecule has 0 aromatic heterocycles. The van der Waals surface area contributed by atoms with Gasteiger partial charge in [0.25, 0.3) is 0 Å². The predicted molar refractivity (Wildman–Crippen MR) is 447 cm³/mol. The molecule has 0 aromatic carbocycles. The molecule has 3 fully saturated rings. The van der Waals surface area contributed by atoms with Crippen molar-refractivity contribution in [3.8, 4) is 0 Å². The van der Waals surface area contributed by atoms with Crippen LogP contribution in [0.5, 0.6) is 0 Å². The normalized spacial score (nSPS) is 15.3. The highest BCUT2D eigenvalue weighted by atomic mass is 32.2. The quantitative estimate of drug-likeness (QED) is 0.0407. The number of piperidine rings is 1. The minimum atomic E-state index is -3.45. The van der Waals surface area contributed by atoms with E-state index in [2.05, 4.69) is 42.5 Å². The molecule has 2 saturated heterocycles. The van der Waals surface area contributed by atoms with Crippen LogP contribution in [0, 0.1) is 11.8 Å². The van der Waals surface area contributed by atoms with Gasteiger partial charge in [-0.25, -0.2) is 126 Å². The van der Waals surface area contributed by atoms with Gasteiger partial charge in [0, 0.05) is 45.8 Å². The molecule has 0 bridgehead atoms. The standard InChI is InChI=1S/C9H19NO4S.C8H17NO2S.C7H17NO3S.C7H15NO2S.C7H14O2S.C6H13NO4S.C6H13NO3S.2C6H15NO2S.C4H11NO2S/c1-6(2)8(9(11)14-5)10-15(12,13)7(3)4;1-8(2)12(10,11)9-6-4-3-5-7-9;1-6(2)12(10,11)8-5-7(3,4)9;1-7(2)11(9,10)8-5-3-4-6-8;1-6(2)10(8,9)5-7-3-4-7;1-5(2)12(9,10)7-4-6(8)11-3;1-5(2)11(9,10)7-4-6(3)8;2*1-4-5-7-10(8,9)6(2)3;1-4(2)8(6,7)5-3/h6-8,10H,1-5H3;8H,3-7H2,1-2H3;6,8-9H,5H2,1-4H3;7H,3-6H2,1-2H3;6-7H,3-5H2,1-2H3;5,7H,4H2,1-3H3;5,7H,4H2,1-3H3;2*6-7H,4-5H2,1-3H3;4-5H,1-3H3/t8-;;;;;;;;;/m0........./s1. The molecule has 8 N–H and O–H groups in total. The molecule has 2 heterocycles. The Hall–Kier alpha value is -2.29. The number of sulfonamides is 9. The summed E-state index contributed by atoms with van der Waals surface area (Å²) in [5.74, 6) is -0.578. The van der Waals surface area contributed by atoms with E-state index in [1.165, 1.54) is 48.5 Å². The number of hydrogen-bond acceptors (Lipinski definition) is 26. The fraction of sp³-hybridized carbons (Fsp3) is 0.955. The SMILES string of the molecule is CC(=O)CNS(=O)(=O)C(C)C.CC(C)S(=O)(=O)CC1CC1.CC(C)S(=O)(=O)N1CCCC1.CC(C)S(=O)(=O)N1CCCCC1.CC(C)S(=O)(=O)NCC(C)(C)O.CCCNS(=O)(=O)C(C)C.CCCNS(=O)(=O)C(C)C.CNS(=O)(=O)C(C)C.COC(=O)CNS(=O)(=O)C(C)C.COC(=O)[C@@H](NS(=O)(=O)C(C)C)C(C)C. The lowest BCUT2D eigenvalue weighted by atomic mass is 10.1. The molecule has 0 amide bonds. The van der Waals surface area contributed by atoms with Crippen LogP contribution in [0.15, 0.2) is 0 Å². The number of methoxy groups -OCH3 is 2. The molecular weight excluding hydrogens is 1660 g/mol. The van der Waals surface area contributed by atoms with Crippen molar-refractivity contribution in [1.29, 1.82) is 0 Å². The zero-order valence-electron chi connectivity index (χ0n) is 72.1. The zero-order valence-corrected chi connectivity index (χ0v) is 80.2. The van der Waals surface area contributed by atoms with E-state index in [4.69, 9.17) is 0 Å². The summed E-state index contributed by atoms with van der Waals surface area (Å²) in [6.07, 6.45) is 9.16. The number of hydrogen-bond donors (Lipinski definition) is 8. The molecule has 2 aliphatic heterocycles. The summed E-state index contributed by atoms with van der Waals surface area (Å²) >= 11 is 0. The molecule has 35 nitrogen and oxygen atoms in total. The van der Waals surface area contributed by atoms with Crippen molar-refractivity contribution in [1.82, 2.24) is 41.7 Å². The smallest absolute Gasteiger partial charge is 0.324 e. The second kappa shape index (κ2) is 57.8. The Morgan fingerprint density at radius 2 is 0.712 bits per heavy atom. The molecule has 0 radical (unpaired) electrons. The van der Waals surface area contributed by atoms with Crippen LogP contribution in [-0.4, -0.2) is 266 Å². The monoisotopic (exact) mass is 1800 g/mol. The van der Waals surface area contributed by atoms with Crippen LogP contribution in [0.3, 0.4) is 0 Å². The lowest BCUT2D eigenvalue weighted by Crippen LogP contribution is -2.47. The molecule has 45 heteroatoms. The van der Waals surface area contributed by atoms with E-state index in [0.717, 1.165) is 77.5 Å². The van der Waals surface area contributed by atoms with Crippen LogP contribution in [0.4, 0.5) is 0 Å². The summed E-state index contributed by atoms with van der Waals surface area (Å²) in [5.41, 5.74) is -0.998. The van der Waals surface area contributed by atoms with Crippen molar-refractivity contribution in [2.75, 3.05) is 85.9 Å². The van der Waals surface area contributed by atoms with Crippen molar-refractivity contribution in [2.45, 2.75) is 309 Å². The average Bonchev–Trinajstić information content (AvgIpc) is 1.80. The third kappa shape index (κ3) is 59.9. The highest BCUT2D eigenvalue weighted by Crippen LogP contribution is 2.31. The highest BCUT2D eigenvalue weighted by Gasteiger charge is 2.32. The average molecular weight is 1810 g/mol. The third-order valence-electron chi connectivity index (χ3n) is 15.2. The number of nitrogens with zero attached hydrogens (tertiary/aromatic N) is 2. The molecule has 0 spiro atoms. The number of aliphatic hydroxyl groups is 1. The zero-order chi connectivity index (χ0) is 89.7. The van der Waals surface area contributed by atoms with Gasteiger partial charge in [-0.1, -0.05) is 34.1 Å². The minimum Gasteiger partial charge on any atom is -0.468 e. The first kappa shape index (κ1) is 122. The summed E-state index contributed by atoms with van der Waals surface area (Å²) < 4.78 is 251. The molecule has 1 aliphatic carbocycles. The van der Waals surface area contributed by atoms with Crippen LogP contribution in [0.2, 0.25) is 0 Å². The lowest BCUT2D eigenvalue weighted by molar-refractivity contribution is -0.143. The molecule has 674 valence electrons. The number of carbonyl (C=O) groups excluding carboxylic acids is 3. The van der Waals surface area contributed by atoms with Gasteiger partial charge in [-0.2, -0.15) is 0 Å². The van der Waals surface area contributed by atoms with Gasteiger partial charge < -0.3 is 14.6 Å². The Kier molecular flexibility index (Phi) is 63.4. The van der Waals surface area contributed by atoms with Gasteiger partial charge in [0.15, 0.2) is 9.84 Å². The second-order valence-corrected chi connectivity index (χ2v) is 53.5. The van der Waals surface area contributed by atoms with Crippen molar-refractivity contribution in [3.05, 3.63) is 0 Å². The van der Waals surface area contributed by atoms with E-state index in [-0.39, 0.29) is 62.8 Å². The van der Waals surface area contributed by atoms with Crippen molar-refractivity contribution >= 4 is 118 Å². The van der Waals surface area contributed by atoms with Crippen LogP contribution >= 0.6 is 0 Å². The fourth-order valence-electron chi connectivity index (χ4n) is 6.63. The van der Waals surface area contributed by atoms with Crippen LogP contribution < -0.4 is 33.1 Å². The van der Waals surface area contributed by atoms with E-state index in [1.807, 2.05) is 13.8 Å². The van der Waals surface area contributed by atoms with Gasteiger partial charge in [-0.3, -0.25) is 14.4 Å². The number of sulfone groups is 1. The minimum absolute atomic E-state index is 0.0491. The van der Waals surface area contributed by atoms with Gasteiger partial charge in [-0.05, 0) is 229 Å². The van der Waals surface area contributed by atoms with Gasteiger partial charge in [0.2, 0.25) is 90.2 Å². The molecular formula is C66H149N9O26S10. The van der Waals surface area contributed by atoms with Gasteiger partial charge in [-0.15, -0.1) is 0 Å². The molecule has 0 unspecified atom stereocenters. The maximum atomic E-state index is 11.6. The van der Waals surface area contributed by atoms with E-state index >= 15 is 0 Å². The number of ether oxygens (including phenoxy) is 2. The Morgan fingerprint density at radius 1 is 0.414 bits per heavy atom. The number of rotatable bonds is 34. The highest BCUT2D eigenvalue weighted by molar-refractivity contribution is 7.92. The van der Waals surface area contributed by atoms with Crippen molar-refractivity contribution in [2.24, 2.45) is 11.8 Å². The first-order chi connectivity index (χ1) is 49.8. The fourth-order valence-corrected chi connectivity index (χ4v) is 16.1. The number of esters is 2. The topological polar surface area (TPSA) is 522 Å². The van der Waals surface area contributed by atoms with E-state index in [0.29, 0.717) is 24.8 Å². The summed E-state index contributed by atoms with van der Waals surface area (Å²) in [5, 5.41) is 5.50. The largest absolute Gasteiger partial charge is 0.468 e. The summed E-state index contributed by atoms with van der Waals surface area (Å²) in [7, 11) is -27.1. The first-order valence-corrected chi connectivity index (χ1v) is 52.7. The maximum absolute atomic E-state index is 11.6. The number of carbonyl (C=O) groups is 3. The molecule has 0 aromatic rings. The van der Waals surface area contributed by atoms with E-state index in [9.17, 15) is 104 Å². The van der Waals surface area contributed by atoms with E-state index < -0.39 is 145 Å². The maximum Gasteiger partial charge on any atom is 0.324 e. The molecule has 111 heavy (non-hydrogen) atoms. The van der Waals surface area contributed by atoms with Crippen LogP contribution in [0.25, 0.3) is 0 Å². The number of Topliss-reactive ketones (excluding diaryl/α,β-unsaturated/α-hetero) is 1. The summed E-state index contributed by atoms with van der Waals surface area (Å²) in [6.45, 7) is 48.2. The molecule has 1 saturated carbocycles. The van der Waals surface area contributed by atoms with Crippen LogP contribution in [-0.2, 0) is 124 Å². The number of nitrogens with one attached hydrogen (secondary N) is 7. The van der Waals surface area contributed by atoms with Crippen molar-refractivity contribution in [3.63, 3.8) is 0 Å². The summed E-state index contributed by atoms with van der Waals surface area (Å²) in [4.78, 5) is 32.2. The second-order valence-electron chi connectivity index (χ2n) is 29.6. The lowest BCUT2D eigenvalue weighted by Gasteiger charge is -2.27. The Balaban J connectivity index is -0.000000217. The van der Waals surface area contributed by atoms with Crippen LogP contribution in [0.1, 0.15) is 245 Å². The Labute approximate surface area is 674 Å². The Bertz CT molecular complexity index is 3740. The molecule has 3 rings (SSSR count). The Morgan fingerprint density at radius 3 is 0.937 bits per heavy atom. The van der Waals surface area contributed by atoms with Gasteiger partial charge in [0.05, 0.1) is 84.6 Å². The summed E-state index contributed by atoms with van der Waals surface area (Å²) in [6, 6.07) is -0.817. The van der Waals surface area contributed by atoms with Crippen molar-refractivity contribution < 1.29 is 113 Å². The molecule has 3 aliphatic rings. The van der Waals surface area contributed by atoms with E-state index in [1.54, 1.807) is 161 Å². The predicted octanol–water partition coefficient (Wildman–Crippen LogP) is 4.63. The molecule has 1 atom stereocenters.